The minimum atomic E-state index is -0.962. The molecule has 0 aliphatic carbocycles. The van der Waals surface area contributed by atoms with Gasteiger partial charge in [0.2, 0.25) is 0 Å². The van der Waals surface area contributed by atoms with Gasteiger partial charge in [-0.15, -0.1) is 0 Å². The molecule has 0 bridgehead atoms. The van der Waals surface area contributed by atoms with E-state index in [1.165, 1.54) is 11.1 Å². The second-order valence-corrected chi connectivity index (χ2v) is 5.97. The molecular weight excluding hydrogens is 318 g/mol. The second-order valence-electron chi connectivity index (χ2n) is 5.53. The topological polar surface area (TPSA) is 75.4 Å². The van der Waals surface area contributed by atoms with Crippen LogP contribution in [0.25, 0.3) is 5.69 Å². The van der Waals surface area contributed by atoms with Gasteiger partial charge in [0.05, 0.1) is 23.1 Å². The molecule has 1 aromatic carbocycles. The van der Waals surface area contributed by atoms with Crippen LogP contribution in [0.3, 0.4) is 0 Å². The van der Waals surface area contributed by atoms with Gasteiger partial charge in [0.25, 0.3) is 5.91 Å². The van der Waals surface area contributed by atoms with Crippen LogP contribution in [-0.2, 0) is 4.79 Å². The number of aliphatic carboxylic acids is 1. The normalized spacial score (nSPS) is 17.5. The summed E-state index contributed by atoms with van der Waals surface area (Å²) in [6.45, 7) is 2.24. The third-order valence-corrected chi connectivity index (χ3v) is 4.33. The van der Waals surface area contributed by atoms with Gasteiger partial charge >= 0.3 is 5.97 Å². The standard InChI is InChI=1S/C16H16ClN3O3/c1-10-13(15(21)19-7-3-6-14(19)16(22)23)9-18-20(10)12-5-2-4-11(17)8-12/h2,4-5,8-9,14H,3,6-7H2,1H3,(H,22,23)/t14-/m0/s1. The number of aromatic nitrogens is 2. The molecule has 2 heterocycles. The van der Waals surface area contributed by atoms with Crippen LogP contribution in [0.5, 0.6) is 0 Å². The summed E-state index contributed by atoms with van der Waals surface area (Å²) < 4.78 is 1.63. The summed E-state index contributed by atoms with van der Waals surface area (Å²) in [5, 5.41) is 14.1. The highest BCUT2D eigenvalue weighted by Crippen LogP contribution is 2.23. The van der Waals surface area contributed by atoms with Crippen LogP contribution in [0.4, 0.5) is 0 Å². The highest BCUT2D eigenvalue weighted by Gasteiger charge is 2.35. The summed E-state index contributed by atoms with van der Waals surface area (Å²) in [7, 11) is 0. The third kappa shape index (κ3) is 2.82. The van der Waals surface area contributed by atoms with Crippen LogP contribution in [-0.4, -0.2) is 44.3 Å². The summed E-state index contributed by atoms with van der Waals surface area (Å²) in [5.74, 6) is -1.25. The van der Waals surface area contributed by atoms with Gasteiger partial charge in [-0.2, -0.15) is 5.10 Å². The summed E-state index contributed by atoms with van der Waals surface area (Å²) in [5.41, 5.74) is 1.83. The molecule has 0 radical (unpaired) electrons. The van der Waals surface area contributed by atoms with Crippen molar-refractivity contribution in [2.45, 2.75) is 25.8 Å². The Morgan fingerprint density at radius 2 is 2.17 bits per heavy atom. The molecule has 1 aliphatic rings. The fraction of sp³-hybridized carbons (Fsp3) is 0.312. The van der Waals surface area contributed by atoms with Gasteiger partial charge in [-0.05, 0) is 38.0 Å². The Kier molecular flexibility index (Phi) is 4.09. The molecule has 1 amide bonds. The number of carboxylic acid groups (broad SMARTS) is 1. The third-order valence-electron chi connectivity index (χ3n) is 4.09. The quantitative estimate of drug-likeness (QED) is 0.936. The lowest BCUT2D eigenvalue weighted by Gasteiger charge is -2.21. The van der Waals surface area contributed by atoms with Gasteiger partial charge in [-0.25, -0.2) is 9.48 Å². The van der Waals surface area contributed by atoms with Crippen molar-refractivity contribution in [1.82, 2.24) is 14.7 Å². The molecule has 0 unspecified atom stereocenters. The lowest BCUT2D eigenvalue weighted by molar-refractivity contribution is -0.141. The van der Waals surface area contributed by atoms with Gasteiger partial charge in [0, 0.05) is 11.6 Å². The Hall–Kier alpha value is -2.34. The zero-order valence-corrected chi connectivity index (χ0v) is 13.3. The molecule has 1 N–H and O–H groups in total. The molecule has 1 fully saturated rings. The summed E-state index contributed by atoms with van der Waals surface area (Å²) in [4.78, 5) is 25.4. The fourth-order valence-electron chi connectivity index (χ4n) is 2.91. The van der Waals surface area contributed by atoms with Gasteiger partial charge in [0.15, 0.2) is 0 Å². The van der Waals surface area contributed by atoms with Crippen molar-refractivity contribution in [3.63, 3.8) is 0 Å². The predicted octanol–water partition coefficient (Wildman–Crippen LogP) is 2.52. The Morgan fingerprint density at radius 3 is 2.87 bits per heavy atom. The van der Waals surface area contributed by atoms with Crippen LogP contribution in [0.1, 0.15) is 28.9 Å². The number of hydrogen-bond donors (Lipinski definition) is 1. The van der Waals surface area contributed by atoms with Crippen molar-refractivity contribution in [3.05, 3.63) is 46.7 Å². The van der Waals surface area contributed by atoms with Crippen molar-refractivity contribution >= 4 is 23.5 Å². The van der Waals surface area contributed by atoms with E-state index in [2.05, 4.69) is 5.10 Å². The maximum Gasteiger partial charge on any atom is 0.326 e. The lowest BCUT2D eigenvalue weighted by atomic mass is 10.2. The molecule has 1 aromatic heterocycles. The molecule has 2 aromatic rings. The summed E-state index contributed by atoms with van der Waals surface area (Å²) in [6, 6.07) is 6.41. The summed E-state index contributed by atoms with van der Waals surface area (Å²) >= 11 is 5.99. The number of likely N-dealkylation sites (tertiary alicyclic amines) is 1. The van der Waals surface area contributed by atoms with Gasteiger partial charge < -0.3 is 10.0 Å². The lowest BCUT2D eigenvalue weighted by Crippen LogP contribution is -2.40. The van der Waals surface area contributed by atoms with Crippen LogP contribution in [0, 0.1) is 6.92 Å². The Labute approximate surface area is 138 Å². The first-order valence-electron chi connectivity index (χ1n) is 7.33. The van der Waals surface area contributed by atoms with E-state index in [4.69, 9.17) is 11.6 Å². The first kappa shape index (κ1) is 15.6. The second kappa shape index (κ2) is 6.04. The molecule has 0 spiro atoms. The van der Waals surface area contributed by atoms with Crippen molar-refractivity contribution in [1.29, 1.82) is 0 Å². The number of rotatable bonds is 3. The van der Waals surface area contributed by atoms with E-state index in [0.717, 1.165) is 5.69 Å². The van der Waals surface area contributed by atoms with E-state index in [9.17, 15) is 14.7 Å². The number of carbonyl (C=O) groups excluding carboxylic acids is 1. The van der Waals surface area contributed by atoms with E-state index in [-0.39, 0.29) is 5.91 Å². The molecule has 7 heteroatoms. The minimum absolute atomic E-state index is 0.291. The Balaban J connectivity index is 1.93. The van der Waals surface area contributed by atoms with Crippen molar-refractivity contribution in [2.75, 3.05) is 6.54 Å². The molecular formula is C16H16ClN3O3. The molecule has 23 heavy (non-hydrogen) atoms. The SMILES string of the molecule is Cc1c(C(=O)N2CCC[C@H]2C(=O)O)cnn1-c1cccc(Cl)c1. The zero-order chi connectivity index (χ0) is 16.6. The monoisotopic (exact) mass is 333 g/mol. The number of nitrogens with zero attached hydrogens (tertiary/aromatic N) is 3. The molecule has 3 rings (SSSR count). The zero-order valence-electron chi connectivity index (χ0n) is 12.6. The number of hydrogen-bond acceptors (Lipinski definition) is 3. The predicted molar refractivity (Wildman–Crippen MR) is 85.0 cm³/mol. The Bertz CT molecular complexity index is 772. The highest BCUT2D eigenvalue weighted by molar-refractivity contribution is 6.30. The average molecular weight is 334 g/mol. The molecule has 0 saturated carbocycles. The number of halogens is 1. The number of carbonyl (C=O) groups is 2. The first-order valence-corrected chi connectivity index (χ1v) is 7.71. The van der Waals surface area contributed by atoms with Crippen molar-refractivity contribution in [2.24, 2.45) is 0 Å². The van der Waals surface area contributed by atoms with Crippen molar-refractivity contribution < 1.29 is 14.7 Å². The Morgan fingerprint density at radius 1 is 1.39 bits per heavy atom. The van der Waals surface area contributed by atoms with E-state index < -0.39 is 12.0 Å². The largest absolute Gasteiger partial charge is 0.480 e. The molecule has 1 aliphatic heterocycles. The average Bonchev–Trinajstić information content (AvgIpc) is 3.13. The van der Waals surface area contributed by atoms with Gasteiger partial charge in [-0.3, -0.25) is 4.79 Å². The maximum atomic E-state index is 12.7. The fourth-order valence-corrected chi connectivity index (χ4v) is 3.09. The van der Waals surface area contributed by atoms with Crippen LogP contribution in [0.15, 0.2) is 30.5 Å². The first-order chi connectivity index (χ1) is 11.0. The van der Waals surface area contributed by atoms with Crippen LogP contribution < -0.4 is 0 Å². The molecule has 1 saturated heterocycles. The van der Waals surface area contributed by atoms with Crippen molar-refractivity contribution in [3.8, 4) is 5.69 Å². The molecule has 120 valence electrons. The van der Waals surface area contributed by atoms with E-state index in [0.29, 0.717) is 35.7 Å². The minimum Gasteiger partial charge on any atom is -0.480 e. The molecule has 6 nitrogen and oxygen atoms in total. The van der Waals surface area contributed by atoms with Crippen LogP contribution >= 0.6 is 11.6 Å². The van der Waals surface area contributed by atoms with E-state index in [1.54, 1.807) is 29.8 Å². The van der Waals surface area contributed by atoms with E-state index >= 15 is 0 Å². The number of benzene rings is 1. The van der Waals surface area contributed by atoms with Gasteiger partial charge in [0.1, 0.15) is 6.04 Å². The number of amides is 1. The van der Waals surface area contributed by atoms with Gasteiger partial charge in [-0.1, -0.05) is 17.7 Å². The van der Waals surface area contributed by atoms with E-state index in [1.807, 2.05) is 6.07 Å². The highest BCUT2D eigenvalue weighted by atomic mass is 35.5. The molecule has 1 atom stereocenters. The maximum absolute atomic E-state index is 12.7. The smallest absolute Gasteiger partial charge is 0.326 e. The summed E-state index contributed by atoms with van der Waals surface area (Å²) in [6.07, 6.45) is 2.67. The number of carboxylic acids is 1. The van der Waals surface area contributed by atoms with Crippen LogP contribution in [0.2, 0.25) is 5.02 Å².